The van der Waals surface area contributed by atoms with E-state index in [0.717, 1.165) is 18.8 Å². The lowest BCUT2D eigenvalue weighted by molar-refractivity contribution is -0.121. The van der Waals surface area contributed by atoms with E-state index >= 15 is 0 Å². The van der Waals surface area contributed by atoms with Crippen molar-refractivity contribution in [3.63, 3.8) is 0 Å². The number of aryl methyl sites for hydroxylation is 2. The maximum atomic E-state index is 12.2. The molecule has 1 atom stereocenters. The number of nitrogens with one attached hydrogen (secondary N) is 1. The third-order valence-electron chi connectivity index (χ3n) is 3.66. The number of hydrogen-bond acceptors (Lipinski definition) is 3. The highest BCUT2D eigenvalue weighted by molar-refractivity contribution is 5.95. The predicted octanol–water partition coefficient (Wildman–Crippen LogP) is 1.17. The molecule has 1 saturated heterocycles. The smallest absolute Gasteiger partial charge is 0.241 e. The fourth-order valence-corrected chi connectivity index (χ4v) is 2.69. The molecule has 1 N–H and O–H groups in total. The number of anilines is 1. The van der Waals surface area contributed by atoms with Gasteiger partial charge in [-0.15, -0.1) is 0 Å². The Morgan fingerprint density at radius 2 is 1.89 bits per heavy atom. The van der Waals surface area contributed by atoms with Crippen molar-refractivity contribution < 1.29 is 4.79 Å². The van der Waals surface area contributed by atoms with Gasteiger partial charge < -0.3 is 10.2 Å². The van der Waals surface area contributed by atoms with E-state index in [4.69, 9.17) is 0 Å². The van der Waals surface area contributed by atoms with Crippen molar-refractivity contribution >= 4 is 11.6 Å². The van der Waals surface area contributed by atoms with Crippen molar-refractivity contribution in [3.8, 4) is 0 Å². The second-order valence-corrected chi connectivity index (χ2v) is 5.48. The van der Waals surface area contributed by atoms with E-state index in [-0.39, 0.29) is 5.91 Å². The largest absolute Gasteiger partial charge is 0.318 e. The van der Waals surface area contributed by atoms with Crippen LogP contribution in [0.1, 0.15) is 11.1 Å². The number of likely N-dealkylation sites (N-methyl/N-ethyl adjacent to an activating group) is 2. The van der Waals surface area contributed by atoms with E-state index in [2.05, 4.69) is 42.3 Å². The summed E-state index contributed by atoms with van der Waals surface area (Å²) >= 11 is 0. The van der Waals surface area contributed by atoms with Crippen LogP contribution >= 0.6 is 0 Å². The molecular weight excluding hydrogens is 238 g/mol. The number of rotatable bonds is 3. The van der Waals surface area contributed by atoms with E-state index < -0.39 is 0 Å². The van der Waals surface area contributed by atoms with Gasteiger partial charge in [0.25, 0.3) is 0 Å². The number of carbonyl (C=O) groups is 1. The Kier molecular flexibility index (Phi) is 4.22. The summed E-state index contributed by atoms with van der Waals surface area (Å²) in [6, 6.07) is 6.68. The SMILES string of the molecule is CNCC1CN(c2cc(C)cc(C)c2)C(=O)CN1C. The van der Waals surface area contributed by atoms with Crippen LogP contribution in [0, 0.1) is 13.8 Å². The molecule has 19 heavy (non-hydrogen) atoms. The summed E-state index contributed by atoms with van der Waals surface area (Å²) in [4.78, 5) is 16.3. The molecule has 1 unspecified atom stereocenters. The molecule has 2 rings (SSSR count). The highest BCUT2D eigenvalue weighted by Crippen LogP contribution is 2.22. The van der Waals surface area contributed by atoms with E-state index in [9.17, 15) is 4.79 Å². The first-order chi connectivity index (χ1) is 9.01. The van der Waals surface area contributed by atoms with Crippen LogP contribution in [0.5, 0.6) is 0 Å². The van der Waals surface area contributed by atoms with Crippen LogP contribution in [0.25, 0.3) is 0 Å². The van der Waals surface area contributed by atoms with Gasteiger partial charge in [-0.2, -0.15) is 0 Å². The molecule has 4 nitrogen and oxygen atoms in total. The summed E-state index contributed by atoms with van der Waals surface area (Å²) < 4.78 is 0. The van der Waals surface area contributed by atoms with Crippen molar-refractivity contribution in [3.05, 3.63) is 29.3 Å². The number of piperazine rings is 1. The van der Waals surface area contributed by atoms with Crippen LogP contribution in [-0.4, -0.2) is 50.6 Å². The Balaban J connectivity index is 2.24. The zero-order chi connectivity index (χ0) is 14.0. The van der Waals surface area contributed by atoms with Gasteiger partial charge in [-0.05, 0) is 51.2 Å². The van der Waals surface area contributed by atoms with Gasteiger partial charge in [-0.25, -0.2) is 0 Å². The minimum Gasteiger partial charge on any atom is -0.318 e. The van der Waals surface area contributed by atoms with Gasteiger partial charge in [-0.1, -0.05) is 6.07 Å². The van der Waals surface area contributed by atoms with Crippen LogP contribution in [-0.2, 0) is 4.79 Å². The molecule has 1 heterocycles. The third-order valence-corrected chi connectivity index (χ3v) is 3.66. The van der Waals surface area contributed by atoms with Crippen molar-refractivity contribution in [2.75, 3.05) is 38.6 Å². The maximum Gasteiger partial charge on any atom is 0.241 e. The number of benzene rings is 1. The molecule has 1 aromatic rings. The number of amides is 1. The van der Waals surface area contributed by atoms with Gasteiger partial charge in [-0.3, -0.25) is 9.69 Å². The summed E-state index contributed by atoms with van der Waals surface area (Å²) in [7, 11) is 3.96. The van der Waals surface area contributed by atoms with Crippen LogP contribution < -0.4 is 10.2 Å². The molecule has 104 valence electrons. The first-order valence-corrected chi connectivity index (χ1v) is 6.74. The number of nitrogens with zero attached hydrogens (tertiary/aromatic N) is 2. The maximum absolute atomic E-state index is 12.2. The average molecular weight is 261 g/mol. The molecular formula is C15H23N3O. The Bertz CT molecular complexity index is 452. The van der Waals surface area contributed by atoms with Crippen molar-refractivity contribution in [1.82, 2.24) is 10.2 Å². The lowest BCUT2D eigenvalue weighted by atomic mass is 10.1. The zero-order valence-corrected chi connectivity index (χ0v) is 12.2. The summed E-state index contributed by atoms with van der Waals surface area (Å²) in [6.07, 6.45) is 0. The molecule has 0 aliphatic carbocycles. The second-order valence-electron chi connectivity index (χ2n) is 5.48. The van der Waals surface area contributed by atoms with Gasteiger partial charge in [0.2, 0.25) is 5.91 Å². The molecule has 1 aromatic carbocycles. The van der Waals surface area contributed by atoms with Gasteiger partial charge in [0, 0.05) is 24.8 Å². The summed E-state index contributed by atoms with van der Waals surface area (Å²) in [5.41, 5.74) is 3.43. The van der Waals surface area contributed by atoms with Crippen molar-refractivity contribution in [1.29, 1.82) is 0 Å². The van der Waals surface area contributed by atoms with Gasteiger partial charge >= 0.3 is 0 Å². The van der Waals surface area contributed by atoms with Gasteiger partial charge in [0.05, 0.1) is 6.54 Å². The topological polar surface area (TPSA) is 35.6 Å². The zero-order valence-electron chi connectivity index (χ0n) is 12.2. The van der Waals surface area contributed by atoms with Crippen LogP contribution in [0.3, 0.4) is 0 Å². The molecule has 0 saturated carbocycles. The van der Waals surface area contributed by atoms with E-state index in [0.29, 0.717) is 12.6 Å². The van der Waals surface area contributed by atoms with Crippen LogP contribution in [0.4, 0.5) is 5.69 Å². The summed E-state index contributed by atoms with van der Waals surface area (Å²) in [5, 5.41) is 3.20. The van der Waals surface area contributed by atoms with Gasteiger partial charge in [0.1, 0.15) is 0 Å². The highest BCUT2D eigenvalue weighted by Gasteiger charge is 2.30. The lowest BCUT2D eigenvalue weighted by Crippen LogP contribution is -2.57. The number of carbonyl (C=O) groups excluding carboxylic acids is 1. The normalized spacial score (nSPS) is 20.9. The molecule has 4 heteroatoms. The third kappa shape index (κ3) is 3.14. The molecule has 1 amide bonds. The predicted molar refractivity (Wildman–Crippen MR) is 78.6 cm³/mol. The van der Waals surface area contributed by atoms with Crippen molar-refractivity contribution in [2.45, 2.75) is 19.9 Å². The van der Waals surface area contributed by atoms with Crippen molar-refractivity contribution in [2.24, 2.45) is 0 Å². The van der Waals surface area contributed by atoms with Crippen LogP contribution in [0.2, 0.25) is 0 Å². The van der Waals surface area contributed by atoms with Crippen LogP contribution in [0.15, 0.2) is 18.2 Å². The highest BCUT2D eigenvalue weighted by atomic mass is 16.2. The Morgan fingerprint density at radius 1 is 1.26 bits per heavy atom. The first-order valence-electron chi connectivity index (χ1n) is 6.74. The van der Waals surface area contributed by atoms with E-state index in [1.165, 1.54) is 11.1 Å². The molecule has 1 aliphatic rings. The van der Waals surface area contributed by atoms with E-state index in [1.807, 2.05) is 19.0 Å². The first kappa shape index (κ1) is 14.0. The summed E-state index contributed by atoms with van der Waals surface area (Å²) in [6.45, 7) is 6.27. The molecule has 0 spiro atoms. The Morgan fingerprint density at radius 3 is 2.47 bits per heavy atom. The quantitative estimate of drug-likeness (QED) is 0.887. The standard InChI is InChI=1S/C15H23N3O/c1-11-5-12(2)7-13(6-11)18-9-14(8-16-3)17(4)10-15(18)19/h5-7,14,16H,8-10H2,1-4H3. The fourth-order valence-electron chi connectivity index (χ4n) is 2.69. The number of hydrogen-bond donors (Lipinski definition) is 1. The molecule has 0 bridgehead atoms. The monoisotopic (exact) mass is 261 g/mol. The second kappa shape index (κ2) is 5.72. The Hall–Kier alpha value is -1.39. The molecule has 0 aromatic heterocycles. The minimum absolute atomic E-state index is 0.180. The molecule has 1 aliphatic heterocycles. The lowest BCUT2D eigenvalue weighted by Gasteiger charge is -2.39. The fraction of sp³-hybridized carbons (Fsp3) is 0.533. The Labute approximate surface area is 115 Å². The minimum atomic E-state index is 0.180. The average Bonchev–Trinajstić information content (AvgIpc) is 2.31. The summed E-state index contributed by atoms with van der Waals surface area (Å²) in [5.74, 6) is 0.180. The van der Waals surface area contributed by atoms with E-state index in [1.54, 1.807) is 0 Å². The molecule has 0 radical (unpaired) electrons. The van der Waals surface area contributed by atoms with Gasteiger partial charge in [0.15, 0.2) is 0 Å². The molecule has 1 fully saturated rings.